The molecule has 3 rings (SSSR count). The highest BCUT2D eigenvalue weighted by atomic mass is 16.6. The molecule has 1 unspecified atom stereocenters. The third-order valence-electron chi connectivity index (χ3n) is 4.77. The summed E-state index contributed by atoms with van der Waals surface area (Å²) in [7, 11) is 0. The topological polar surface area (TPSA) is 120 Å². The molecule has 1 fully saturated rings. The Balaban J connectivity index is 1.65. The number of benzene rings is 2. The minimum absolute atomic E-state index is 0.0827. The van der Waals surface area contributed by atoms with Crippen molar-refractivity contribution in [2.75, 3.05) is 0 Å². The summed E-state index contributed by atoms with van der Waals surface area (Å²) in [5.41, 5.74) is 0.982. The van der Waals surface area contributed by atoms with Gasteiger partial charge in [0.1, 0.15) is 24.0 Å². The molecular weight excluding hydrogens is 440 g/mol. The van der Waals surface area contributed by atoms with Crippen LogP contribution in [0.2, 0.25) is 0 Å². The molecule has 2 N–H and O–H groups in total. The number of hydrogen-bond acceptors (Lipinski definition) is 7. The molecule has 0 aromatic heterocycles. The lowest BCUT2D eigenvalue weighted by Crippen LogP contribution is -2.46. The highest BCUT2D eigenvalue weighted by Crippen LogP contribution is 2.17. The van der Waals surface area contributed by atoms with Crippen molar-refractivity contribution in [2.45, 2.75) is 58.0 Å². The number of imide groups is 1. The molecule has 0 saturated carbocycles. The van der Waals surface area contributed by atoms with Gasteiger partial charge >= 0.3 is 12.1 Å². The van der Waals surface area contributed by atoms with E-state index in [0.717, 1.165) is 11.1 Å². The van der Waals surface area contributed by atoms with Crippen LogP contribution in [0.4, 0.5) is 4.79 Å². The number of hydrogen-bond donors (Lipinski definition) is 2. The van der Waals surface area contributed by atoms with Crippen LogP contribution >= 0.6 is 0 Å². The monoisotopic (exact) mass is 468 g/mol. The second-order valence-corrected chi connectivity index (χ2v) is 8.86. The molecule has 2 atom stereocenters. The molecule has 0 spiro atoms. The van der Waals surface area contributed by atoms with Gasteiger partial charge in [-0.15, -0.1) is 0 Å². The van der Waals surface area contributed by atoms with Gasteiger partial charge in [-0.25, -0.2) is 9.59 Å². The smallest absolute Gasteiger partial charge is 0.408 e. The van der Waals surface area contributed by atoms with Crippen molar-refractivity contribution in [1.82, 2.24) is 10.6 Å². The maximum Gasteiger partial charge on any atom is 0.408 e. The Morgan fingerprint density at radius 3 is 2.29 bits per heavy atom. The van der Waals surface area contributed by atoms with Crippen molar-refractivity contribution in [3.63, 3.8) is 0 Å². The minimum atomic E-state index is -1.23. The molecule has 1 aliphatic rings. The summed E-state index contributed by atoms with van der Waals surface area (Å²) in [6, 6.07) is 15.7. The fraction of sp³-hybridized carbons (Fsp3) is 0.360. The average molecular weight is 469 g/mol. The van der Waals surface area contributed by atoms with E-state index in [-0.39, 0.29) is 12.8 Å². The predicted molar refractivity (Wildman–Crippen MR) is 122 cm³/mol. The average Bonchev–Trinajstić information content (AvgIpc) is 3.08. The first-order chi connectivity index (χ1) is 16.1. The number of ether oxygens (including phenoxy) is 3. The van der Waals surface area contributed by atoms with Crippen LogP contribution < -0.4 is 15.4 Å². The third-order valence-corrected chi connectivity index (χ3v) is 4.77. The van der Waals surface area contributed by atoms with Crippen molar-refractivity contribution in [2.24, 2.45) is 0 Å². The molecular formula is C25H28N2O7. The van der Waals surface area contributed by atoms with Crippen LogP contribution in [0.5, 0.6) is 5.75 Å². The van der Waals surface area contributed by atoms with Crippen molar-refractivity contribution >= 4 is 23.9 Å². The van der Waals surface area contributed by atoms with Crippen LogP contribution in [0.3, 0.4) is 0 Å². The zero-order valence-corrected chi connectivity index (χ0v) is 19.3. The second kappa shape index (κ2) is 10.8. The van der Waals surface area contributed by atoms with Gasteiger partial charge in [0, 0.05) is 6.42 Å². The predicted octanol–water partition coefficient (Wildman–Crippen LogP) is 2.66. The van der Waals surface area contributed by atoms with E-state index in [4.69, 9.17) is 14.2 Å². The van der Waals surface area contributed by atoms with E-state index in [2.05, 4.69) is 10.6 Å². The molecule has 1 heterocycles. The molecule has 3 amide bonds. The first-order valence-corrected chi connectivity index (χ1v) is 10.9. The number of amides is 3. The Hall–Kier alpha value is -3.88. The van der Waals surface area contributed by atoms with Gasteiger partial charge in [-0.1, -0.05) is 42.5 Å². The molecule has 2 aromatic rings. The summed E-state index contributed by atoms with van der Waals surface area (Å²) in [5.74, 6) is -1.40. The third kappa shape index (κ3) is 7.61. The molecule has 2 aromatic carbocycles. The van der Waals surface area contributed by atoms with Gasteiger partial charge in [0.2, 0.25) is 5.91 Å². The Kier molecular flexibility index (Phi) is 7.88. The fourth-order valence-electron chi connectivity index (χ4n) is 3.19. The highest BCUT2D eigenvalue weighted by molar-refractivity contribution is 6.05. The van der Waals surface area contributed by atoms with Crippen LogP contribution in [0.25, 0.3) is 0 Å². The zero-order chi connectivity index (χ0) is 24.7. The van der Waals surface area contributed by atoms with Gasteiger partial charge in [-0.3, -0.25) is 14.9 Å². The van der Waals surface area contributed by atoms with Crippen molar-refractivity contribution < 1.29 is 33.4 Å². The number of esters is 1. The lowest BCUT2D eigenvalue weighted by molar-refractivity contribution is -0.156. The summed E-state index contributed by atoms with van der Waals surface area (Å²) >= 11 is 0. The Morgan fingerprint density at radius 1 is 1.03 bits per heavy atom. The van der Waals surface area contributed by atoms with Crippen molar-refractivity contribution in [3.05, 3.63) is 65.7 Å². The number of alkyl carbamates (subject to hydrolysis) is 1. The normalized spacial score (nSPS) is 16.4. The lowest BCUT2D eigenvalue weighted by atomic mass is 10.1. The number of nitrogens with one attached hydrogen (secondary N) is 2. The highest BCUT2D eigenvalue weighted by Gasteiger charge is 2.36. The van der Waals surface area contributed by atoms with E-state index >= 15 is 0 Å². The Labute approximate surface area is 197 Å². The quantitative estimate of drug-likeness (QED) is 0.451. The summed E-state index contributed by atoms with van der Waals surface area (Å²) < 4.78 is 16.2. The van der Waals surface area contributed by atoms with Gasteiger partial charge in [0.25, 0.3) is 5.91 Å². The molecule has 0 bridgehead atoms. The maximum absolute atomic E-state index is 12.8. The number of rotatable bonds is 8. The van der Waals surface area contributed by atoms with E-state index in [1.54, 1.807) is 45.0 Å². The van der Waals surface area contributed by atoms with E-state index in [0.29, 0.717) is 12.4 Å². The van der Waals surface area contributed by atoms with Gasteiger partial charge < -0.3 is 19.5 Å². The summed E-state index contributed by atoms with van der Waals surface area (Å²) in [4.78, 5) is 48.2. The molecule has 34 heavy (non-hydrogen) atoms. The Bertz CT molecular complexity index is 1030. The van der Waals surface area contributed by atoms with Gasteiger partial charge in [-0.2, -0.15) is 0 Å². The van der Waals surface area contributed by atoms with Crippen LogP contribution in [-0.2, 0) is 36.9 Å². The van der Waals surface area contributed by atoms with E-state index in [9.17, 15) is 19.2 Å². The fourth-order valence-corrected chi connectivity index (χ4v) is 3.19. The van der Waals surface area contributed by atoms with Crippen LogP contribution in [0.15, 0.2) is 54.6 Å². The molecule has 1 saturated heterocycles. The number of carbonyl (C=O) groups excluding carboxylic acids is 4. The Morgan fingerprint density at radius 2 is 1.71 bits per heavy atom. The maximum atomic E-state index is 12.8. The number of carbonyl (C=O) groups is 4. The van der Waals surface area contributed by atoms with Gasteiger partial charge in [0.05, 0.1) is 6.42 Å². The van der Waals surface area contributed by atoms with Crippen LogP contribution in [0.1, 0.15) is 38.3 Å². The van der Waals surface area contributed by atoms with Crippen LogP contribution in [0, 0.1) is 0 Å². The molecule has 180 valence electrons. The van der Waals surface area contributed by atoms with Crippen molar-refractivity contribution in [3.8, 4) is 5.75 Å². The summed E-state index contributed by atoms with van der Waals surface area (Å²) in [6.07, 6.45) is -2.20. The van der Waals surface area contributed by atoms with Crippen molar-refractivity contribution in [1.29, 1.82) is 0 Å². The first kappa shape index (κ1) is 24.8. The molecule has 0 aliphatic carbocycles. The standard InChI is InChI=1S/C25H28N2O7/c1-25(2,3)34-24(31)26-19(23(30)33-20-14-21(28)27-22(20)29)13-16-9-11-18(12-10-16)32-15-17-7-5-4-6-8-17/h4-12,19-20H,13-15H2,1-3H3,(H,26,31)(H,27,28,29)/t19-,20?/m0/s1. The van der Waals surface area contributed by atoms with Crippen LogP contribution in [-0.4, -0.2) is 41.6 Å². The van der Waals surface area contributed by atoms with Gasteiger partial charge in [0.15, 0.2) is 6.10 Å². The van der Waals surface area contributed by atoms with E-state index in [1.165, 1.54) is 0 Å². The largest absolute Gasteiger partial charge is 0.489 e. The van der Waals surface area contributed by atoms with E-state index < -0.39 is 41.6 Å². The summed E-state index contributed by atoms with van der Waals surface area (Å²) in [5, 5.41) is 4.58. The second-order valence-electron chi connectivity index (χ2n) is 8.86. The first-order valence-electron chi connectivity index (χ1n) is 10.9. The van der Waals surface area contributed by atoms with Gasteiger partial charge in [-0.05, 0) is 44.0 Å². The summed E-state index contributed by atoms with van der Waals surface area (Å²) in [6.45, 7) is 5.51. The molecule has 9 nitrogen and oxygen atoms in total. The molecule has 9 heteroatoms. The minimum Gasteiger partial charge on any atom is -0.489 e. The van der Waals surface area contributed by atoms with E-state index in [1.807, 2.05) is 30.3 Å². The molecule has 1 aliphatic heterocycles. The lowest BCUT2D eigenvalue weighted by Gasteiger charge is -2.23. The SMILES string of the molecule is CC(C)(C)OC(=O)N[C@@H](Cc1ccc(OCc2ccccc2)cc1)C(=O)OC1CC(=O)NC1=O. The zero-order valence-electron chi connectivity index (χ0n) is 19.3. The molecule has 0 radical (unpaired) electrons.